The molecule has 2 aromatic carbocycles. The molecule has 10 heteroatoms. The van der Waals surface area contributed by atoms with Gasteiger partial charge >= 0.3 is 5.97 Å². The molecule has 1 aliphatic heterocycles. The maximum atomic E-state index is 13.5. The quantitative estimate of drug-likeness (QED) is 0.311. The van der Waals surface area contributed by atoms with Crippen molar-refractivity contribution in [3.63, 3.8) is 0 Å². The molecule has 0 fully saturated rings. The first kappa shape index (κ1) is 24.9. The van der Waals surface area contributed by atoms with Crippen LogP contribution in [0.4, 0.5) is 0 Å². The number of carbonyl (C=O) groups is 2. The average molecular weight is 580 g/mol. The Labute approximate surface area is 224 Å². The van der Waals surface area contributed by atoms with Crippen LogP contribution in [0.1, 0.15) is 36.4 Å². The number of hydrogen-bond acceptors (Lipinski definition) is 5. The molecular formula is C27H20BrClN4O4. The molecule has 1 aliphatic rings. The van der Waals surface area contributed by atoms with Gasteiger partial charge in [0, 0.05) is 39.5 Å². The highest BCUT2D eigenvalue weighted by Crippen LogP contribution is 2.37. The molecule has 0 saturated heterocycles. The number of carbonyl (C=O) groups excluding carboxylic acids is 1. The van der Waals surface area contributed by atoms with Crippen LogP contribution in [-0.4, -0.2) is 37.7 Å². The van der Waals surface area contributed by atoms with Gasteiger partial charge in [-0.3, -0.25) is 14.4 Å². The van der Waals surface area contributed by atoms with E-state index in [9.17, 15) is 14.4 Å². The summed E-state index contributed by atoms with van der Waals surface area (Å²) in [6.45, 7) is 0. The number of H-pyrrole nitrogens is 1. The summed E-state index contributed by atoms with van der Waals surface area (Å²) in [4.78, 5) is 44.9. The number of hydrogen-bond donors (Lipinski definition) is 2. The standard InChI is InChI=1S/C27H20BrClN4O4/c28-17-7-3-16(4-8-17)24-19-2-1-13-30-26(19)31-27(37)25(24)20-14-21(15-5-9-18(29)10-6-15)33(32-20)22(34)11-12-23(35)36/h1-10,13,21H,11-12,14H2,(H,35,36)(H,30,31,37). The monoisotopic (exact) mass is 578 g/mol. The SMILES string of the molecule is O=C(O)CCC(=O)N1N=C(c2c(-c3ccc(Br)cc3)c3cccnc3[nH]c2=O)CC1c1ccc(Cl)cc1. The van der Waals surface area contributed by atoms with Gasteiger partial charge in [-0.05, 0) is 47.5 Å². The second-order valence-corrected chi connectivity index (χ2v) is 9.91. The van der Waals surface area contributed by atoms with Crippen molar-refractivity contribution < 1.29 is 14.7 Å². The third kappa shape index (κ3) is 5.05. The van der Waals surface area contributed by atoms with Gasteiger partial charge in [-0.15, -0.1) is 0 Å². The summed E-state index contributed by atoms with van der Waals surface area (Å²) in [7, 11) is 0. The minimum atomic E-state index is -1.07. The van der Waals surface area contributed by atoms with Crippen molar-refractivity contribution in [3.05, 3.63) is 97.8 Å². The number of fused-ring (bicyclic) bond motifs is 1. The minimum absolute atomic E-state index is 0.215. The molecule has 2 aromatic heterocycles. The van der Waals surface area contributed by atoms with Crippen LogP contribution in [0.3, 0.4) is 0 Å². The van der Waals surface area contributed by atoms with Crippen LogP contribution in [0.25, 0.3) is 22.2 Å². The van der Waals surface area contributed by atoms with Crippen molar-refractivity contribution in [3.8, 4) is 11.1 Å². The Morgan fingerprint density at radius 2 is 1.78 bits per heavy atom. The largest absolute Gasteiger partial charge is 0.481 e. The lowest BCUT2D eigenvalue weighted by molar-refractivity contribution is -0.141. The number of carboxylic acid groups (broad SMARTS) is 1. The molecule has 8 nitrogen and oxygen atoms in total. The fraction of sp³-hybridized carbons (Fsp3) is 0.148. The maximum Gasteiger partial charge on any atom is 0.303 e. The molecule has 0 saturated carbocycles. The molecule has 1 atom stereocenters. The Bertz CT molecular complexity index is 1600. The molecule has 2 N–H and O–H groups in total. The van der Waals surface area contributed by atoms with Crippen molar-refractivity contribution in [2.75, 3.05) is 0 Å². The van der Waals surface area contributed by atoms with E-state index < -0.39 is 17.9 Å². The van der Waals surface area contributed by atoms with E-state index in [2.05, 4.69) is 31.0 Å². The summed E-state index contributed by atoms with van der Waals surface area (Å²) in [6.07, 6.45) is 1.34. The second kappa shape index (κ2) is 10.3. The van der Waals surface area contributed by atoms with Crippen molar-refractivity contribution in [2.24, 2.45) is 5.10 Å². The molecule has 1 amide bonds. The van der Waals surface area contributed by atoms with E-state index >= 15 is 0 Å². The normalized spacial score (nSPS) is 15.1. The highest BCUT2D eigenvalue weighted by Gasteiger charge is 2.35. The molecule has 0 aliphatic carbocycles. The first-order chi connectivity index (χ1) is 17.8. The summed E-state index contributed by atoms with van der Waals surface area (Å²) in [5.74, 6) is -1.52. The van der Waals surface area contributed by atoms with Crippen LogP contribution in [0.15, 0.2) is 81.2 Å². The van der Waals surface area contributed by atoms with Crippen LogP contribution in [-0.2, 0) is 9.59 Å². The zero-order valence-electron chi connectivity index (χ0n) is 19.3. The maximum absolute atomic E-state index is 13.5. The number of carboxylic acids is 1. The molecule has 5 rings (SSSR count). The Hall–Kier alpha value is -3.82. The number of nitrogens with zero attached hydrogens (tertiary/aromatic N) is 3. The fourth-order valence-electron chi connectivity index (χ4n) is 4.48. The van der Waals surface area contributed by atoms with Crippen LogP contribution in [0, 0.1) is 0 Å². The fourth-order valence-corrected chi connectivity index (χ4v) is 4.87. The third-order valence-corrected chi connectivity index (χ3v) is 6.96. The van der Waals surface area contributed by atoms with Crippen LogP contribution < -0.4 is 5.56 Å². The zero-order chi connectivity index (χ0) is 26.1. The molecule has 0 radical (unpaired) electrons. The Morgan fingerprint density at radius 3 is 2.49 bits per heavy atom. The summed E-state index contributed by atoms with van der Waals surface area (Å²) in [5.41, 5.74) is 3.06. The van der Waals surface area contributed by atoms with Crippen molar-refractivity contribution in [1.82, 2.24) is 15.0 Å². The van der Waals surface area contributed by atoms with Crippen molar-refractivity contribution in [1.29, 1.82) is 0 Å². The number of amides is 1. The molecule has 0 bridgehead atoms. The van der Waals surface area contributed by atoms with Crippen molar-refractivity contribution in [2.45, 2.75) is 25.3 Å². The highest BCUT2D eigenvalue weighted by molar-refractivity contribution is 9.10. The average Bonchev–Trinajstić information content (AvgIpc) is 3.32. The van der Waals surface area contributed by atoms with Gasteiger partial charge in [0.15, 0.2) is 0 Å². The van der Waals surface area contributed by atoms with E-state index in [-0.39, 0.29) is 24.8 Å². The first-order valence-electron chi connectivity index (χ1n) is 11.5. The van der Waals surface area contributed by atoms with E-state index in [4.69, 9.17) is 16.7 Å². The number of aromatic nitrogens is 2. The Kier molecular flexibility index (Phi) is 6.90. The van der Waals surface area contributed by atoms with Crippen molar-refractivity contribution >= 4 is 56.2 Å². The van der Waals surface area contributed by atoms with Gasteiger partial charge in [0.25, 0.3) is 5.56 Å². The number of halogens is 2. The first-order valence-corrected chi connectivity index (χ1v) is 12.6. The van der Waals surface area contributed by atoms with E-state index in [0.717, 1.165) is 21.0 Å². The zero-order valence-corrected chi connectivity index (χ0v) is 21.7. The van der Waals surface area contributed by atoms with Gasteiger partial charge in [0.1, 0.15) is 5.65 Å². The summed E-state index contributed by atoms with van der Waals surface area (Å²) < 4.78 is 0.890. The topological polar surface area (TPSA) is 116 Å². The van der Waals surface area contributed by atoms with Gasteiger partial charge in [-0.1, -0.05) is 51.8 Å². The predicted octanol–water partition coefficient (Wildman–Crippen LogP) is 5.55. The number of nitrogens with one attached hydrogen (secondary N) is 1. The van der Waals surface area contributed by atoms with Crippen LogP contribution in [0.5, 0.6) is 0 Å². The molecular weight excluding hydrogens is 560 g/mol. The van der Waals surface area contributed by atoms with E-state index in [1.807, 2.05) is 30.3 Å². The lowest BCUT2D eigenvalue weighted by Gasteiger charge is -2.22. The molecule has 37 heavy (non-hydrogen) atoms. The molecule has 4 aromatic rings. The Balaban J connectivity index is 1.68. The summed E-state index contributed by atoms with van der Waals surface area (Å²) in [5, 5.41) is 16.3. The predicted molar refractivity (Wildman–Crippen MR) is 145 cm³/mol. The summed E-state index contributed by atoms with van der Waals surface area (Å²) in [6, 6.07) is 17.8. The molecule has 186 valence electrons. The highest BCUT2D eigenvalue weighted by atomic mass is 79.9. The van der Waals surface area contributed by atoms with Gasteiger partial charge in [-0.25, -0.2) is 9.99 Å². The van der Waals surface area contributed by atoms with Gasteiger partial charge in [0.2, 0.25) is 5.91 Å². The minimum Gasteiger partial charge on any atom is -0.481 e. The number of aromatic amines is 1. The van der Waals surface area contributed by atoms with Gasteiger partial charge in [0.05, 0.1) is 23.7 Å². The van der Waals surface area contributed by atoms with E-state index in [1.165, 1.54) is 5.01 Å². The number of aliphatic carboxylic acids is 1. The molecule has 1 unspecified atom stereocenters. The summed E-state index contributed by atoms with van der Waals surface area (Å²) >= 11 is 9.53. The lowest BCUT2D eigenvalue weighted by atomic mass is 9.91. The molecule has 0 spiro atoms. The second-order valence-electron chi connectivity index (χ2n) is 8.56. The van der Waals surface area contributed by atoms with Crippen LogP contribution in [0.2, 0.25) is 5.02 Å². The number of benzene rings is 2. The Morgan fingerprint density at radius 1 is 1.05 bits per heavy atom. The van der Waals surface area contributed by atoms with Gasteiger partial charge in [-0.2, -0.15) is 5.10 Å². The lowest BCUT2D eigenvalue weighted by Crippen LogP contribution is -2.27. The third-order valence-electron chi connectivity index (χ3n) is 6.18. The number of rotatable bonds is 6. The van der Waals surface area contributed by atoms with E-state index in [0.29, 0.717) is 27.5 Å². The number of hydrazone groups is 1. The smallest absolute Gasteiger partial charge is 0.303 e. The molecule has 3 heterocycles. The van der Waals surface area contributed by atoms with Gasteiger partial charge < -0.3 is 10.1 Å². The van der Waals surface area contributed by atoms with E-state index in [1.54, 1.807) is 36.5 Å². The number of pyridine rings is 2. The van der Waals surface area contributed by atoms with Crippen LogP contribution >= 0.6 is 27.5 Å².